The van der Waals surface area contributed by atoms with Gasteiger partial charge in [-0.2, -0.15) is 13.2 Å². The zero-order chi connectivity index (χ0) is 27.5. The van der Waals surface area contributed by atoms with Crippen molar-refractivity contribution in [2.45, 2.75) is 64.3 Å². The second kappa shape index (κ2) is 11.8. The third kappa shape index (κ3) is 6.59. The van der Waals surface area contributed by atoms with Crippen molar-refractivity contribution in [2.75, 3.05) is 32.6 Å². The van der Waals surface area contributed by atoms with E-state index in [0.717, 1.165) is 50.6 Å². The van der Waals surface area contributed by atoms with Crippen molar-refractivity contribution in [3.63, 3.8) is 0 Å². The molecule has 0 radical (unpaired) electrons. The average Bonchev–Trinajstić information content (AvgIpc) is 2.84. The Kier molecular flexibility index (Phi) is 9.18. The van der Waals surface area contributed by atoms with Crippen molar-refractivity contribution >= 4 is 23.2 Å². The molecule has 0 aliphatic heterocycles. The van der Waals surface area contributed by atoms with E-state index in [4.69, 9.17) is 16.3 Å². The van der Waals surface area contributed by atoms with Crippen LogP contribution in [0.15, 0.2) is 23.0 Å². The van der Waals surface area contributed by atoms with Crippen LogP contribution in [0.1, 0.15) is 59.8 Å². The van der Waals surface area contributed by atoms with Crippen LogP contribution in [-0.2, 0) is 12.7 Å². The molecule has 0 saturated heterocycles. The third-order valence-electron chi connectivity index (χ3n) is 7.11. The molecule has 1 fully saturated rings. The lowest BCUT2D eigenvalue weighted by molar-refractivity contribution is -0.141. The first-order valence-electron chi connectivity index (χ1n) is 12.3. The van der Waals surface area contributed by atoms with E-state index in [2.05, 4.69) is 41.1 Å². The van der Waals surface area contributed by atoms with Gasteiger partial charge in [-0.1, -0.05) is 11.6 Å². The number of carbonyl (C=O) groups is 1. The number of amides is 1. The lowest BCUT2D eigenvalue weighted by atomic mass is 9.89. The van der Waals surface area contributed by atoms with Crippen LogP contribution in [0.25, 0.3) is 0 Å². The number of pyridine rings is 1. The van der Waals surface area contributed by atoms with Crippen molar-refractivity contribution < 1.29 is 22.7 Å². The fourth-order valence-electron chi connectivity index (χ4n) is 5.03. The highest BCUT2D eigenvalue weighted by atomic mass is 35.5. The molecular formula is C26H34ClF3N4O3. The van der Waals surface area contributed by atoms with Crippen LogP contribution >= 0.6 is 11.6 Å². The van der Waals surface area contributed by atoms with Crippen molar-refractivity contribution in [2.24, 2.45) is 0 Å². The molecule has 1 aromatic carbocycles. The van der Waals surface area contributed by atoms with Gasteiger partial charge in [-0.15, -0.1) is 0 Å². The second-order valence-corrected chi connectivity index (χ2v) is 9.99. The van der Waals surface area contributed by atoms with Crippen LogP contribution in [0.3, 0.4) is 0 Å². The predicted molar refractivity (Wildman–Crippen MR) is 139 cm³/mol. The van der Waals surface area contributed by atoms with E-state index >= 15 is 0 Å². The molecule has 1 aliphatic carbocycles. The van der Waals surface area contributed by atoms with E-state index in [9.17, 15) is 22.8 Å². The number of anilines is 1. The number of carbonyl (C=O) groups excluding carboxylic acids is 1. The molecule has 1 heterocycles. The van der Waals surface area contributed by atoms with Crippen molar-refractivity contribution in [3.05, 3.63) is 55.8 Å². The van der Waals surface area contributed by atoms with E-state index in [1.165, 1.54) is 0 Å². The number of hydrogen-bond donors (Lipinski definition) is 2. The number of methoxy groups -OCH3 is 1. The summed E-state index contributed by atoms with van der Waals surface area (Å²) in [5.74, 6) is -0.843. The number of aromatic nitrogens is 1. The van der Waals surface area contributed by atoms with Crippen LogP contribution in [-0.4, -0.2) is 55.6 Å². The van der Waals surface area contributed by atoms with Gasteiger partial charge in [0.1, 0.15) is 5.69 Å². The number of nitrogens with zero attached hydrogens (tertiary/aromatic N) is 2. The Balaban J connectivity index is 1.83. The molecule has 2 aromatic rings. The zero-order valence-electron chi connectivity index (χ0n) is 21.8. The minimum absolute atomic E-state index is 0.114. The SMILES string of the molecule is CCN(c1cc(Cl)cc(C(=O)NCc2c(OC)[nH]c(C(F)(F)F)cc2=O)c1C)[C@H]1CC[C@H](N(C)C)CC1. The monoisotopic (exact) mass is 542 g/mol. The number of aromatic amines is 1. The molecule has 0 spiro atoms. The first kappa shape index (κ1) is 28.8. The summed E-state index contributed by atoms with van der Waals surface area (Å²) in [5, 5.41) is 3.04. The summed E-state index contributed by atoms with van der Waals surface area (Å²) >= 11 is 6.43. The van der Waals surface area contributed by atoms with E-state index in [1.807, 2.05) is 13.0 Å². The minimum atomic E-state index is -4.74. The number of H-pyrrole nitrogens is 1. The molecule has 204 valence electrons. The fourth-order valence-corrected chi connectivity index (χ4v) is 5.24. The molecule has 7 nitrogen and oxygen atoms in total. The number of halogens is 4. The summed E-state index contributed by atoms with van der Waals surface area (Å²) in [7, 11) is 5.35. The van der Waals surface area contributed by atoms with Crippen LogP contribution in [0.4, 0.5) is 18.9 Å². The Bertz CT molecular complexity index is 1170. The van der Waals surface area contributed by atoms with Crippen molar-refractivity contribution in [3.8, 4) is 5.88 Å². The maximum atomic E-state index is 13.2. The standard InChI is InChI=1S/C26H34ClF3N4O3/c1-6-34(18-9-7-17(8-10-18)33(3)4)21-12-16(27)11-19(15(21)2)24(36)31-14-20-22(35)13-23(26(28,29)30)32-25(20)37-5/h11-13,17-18H,6-10,14H2,1-5H3,(H,31,36)(H,32,35)/t17-,18-. The molecule has 1 saturated carbocycles. The molecule has 11 heteroatoms. The normalized spacial score (nSPS) is 18.1. The molecule has 1 amide bonds. The van der Waals surface area contributed by atoms with Gasteiger partial charge < -0.3 is 24.8 Å². The molecule has 0 unspecified atom stereocenters. The molecular weight excluding hydrogens is 509 g/mol. The maximum Gasteiger partial charge on any atom is 0.431 e. The Hall–Kier alpha value is -2.72. The molecule has 0 bridgehead atoms. The van der Waals surface area contributed by atoms with Crippen LogP contribution < -0.4 is 20.4 Å². The Morgan fingerprint density at radius 2 is 1.78 bits per heavy atom. The lowest BCUT2D eigenvalue weighted by Crippen LogP contribution is -2.42. The molecule has 1 aromatic heterocycles. The predicted octanol–water partition coefficient (Wildman–Crippen LogP) is 4.99. The van der Waals surface area contributed by atoms with Gasteiger partial charge in [-0.05, 0) is 71.3 Å². The van der Waals surface area contributed by atoms with Gasteiger partial charge in [0.2, 0.25) is 0 Å². The van der Waals surface area contributed by atoms with Crippen LogP contribution in [0.5, 0.6) is 5.88 Å². The maximum absolute atomic E-state index is 13.2. The van der Waals surface area contributed by atoms with Gasteiger partial charge >= 0.3 is 6.18 Å². The summed E-state index contributed by atoms with van der Waals surface area (Å²) in [6.45, 7) is 4.35. The highest BCUT2D eigenvalue weighted by Gasteiger charge is 2.33. The smallest absolute Gasteiger partial charge is 0.431 e. The Labute approximate surface area is 219 Å². The van der Waals surface area contributed by atoms with Gasteiger partial charge in [0.05, 0.1) is 19.2 Å². The molecule has 1 aliphatic rings. The zero-order valence-corrected chi connectivity index (χ0v) is 22.5. The van der Waals surface area contributed by atoms with Gasteiger partial charge in [-0.3, -0.25) is 9.59 Å². The highest BCUT2D eigenvalue weighted by molar-refractivity contribution is 6.31. The third-order valence-corrected chi connectivity index (χ3v) is 7.33. The Morgan fingerprint density at radius 1 is 1.16 bits per heavy atom. The summed E-state index contributed by atoms with van der Waals surface area (Å²) in [5.41, 5.74) is -0.275. The number of alkyl halides is 3. The fraction of sp³-hybridized carbons (Fsp3) is 0.538. The summed E-state index contributed by atoms with van der Waals surface area (Å²) in [4.78, 5) is 32.2. The average molecular weight is 543 g/mol. The van der Waals surface area contributed by atoms with Gasteiger partial charge in [0.25, 0.3) is 5.91 Å². The number of ether oxygens (including phenoxy) is 1. The van der Waals surface area contributed by atoms with Gasteiger partial charge in [0.15, 0.2) is 11.3 Å². The van der Waals surface area contributed by atoms with E-state index in [-0.39, 0.29) is 18.0 Å². The number of benzene rings is 1. The molecule has 0 atom stereocenters. The van der Waals surface area contributed by atoms with Crippen LogP contribution in [0, 0.1) is 6.92 Å². The summed E-state index contributed by atoms with van der Waals surface area (Å²) < 4.78 is 44.1. The Morgan fingerprint density at radius 3 is 2.32 bits per heavy atom. The first-order valence-corrected chi connectivity index (χ1v) is 12.6. The summed E-state index contributed by atoms with van der Waals surface area (Å²) in [6.07, 6.45) is -0.504. The number of rotatable bonds is 8. The lowest BCUT2D eigenvalue weighted by Gasteiger charge is -2.40. The topological polar surface area (TPSA) is 77.7 Å². The van der Waals surface area contributed by atoms with Crippen molar-refractivity contribution in [1.29, 1.82) is 0 Å². The van der Waals surface area contributed by atoms with Gasteiger partial charge in [-0.25, -0.2) is 0 Å². The highest BCUT2D eigenvalue weighted by Crippen LogP contribution is 2.34. The quantitative estimate of drug-likeness (QED) is 0.491. The molecule has 3 rings (SSSR count). The van der Waals surface area contributed by atoms with E-state index < -0.39 is 23.2 Å². The van der Waals surface area contributed by atoms with Crippen molar-refractivity contribution in [1.82, 2.24) is 15.2 Å². The molecule has 2 N–H and O–H groups in total. The van der Waals surface area contributed by atoms with E-state index in [1.54, 1.807) is 6.07 Å². The number of hydrogen-bond acceptors (Lipinski definition) is 5. The summed E-state index contributed by atoms with van der Waals surface area (Å²) in [6, 6.07) is 4.75. The largest absolute Gasteiger partial charge is 0.482 e. The minimum Gasteiger partial charge on any atom is -0.482 e. The first-order chi connectivity index (χ1) is 17.4. The second-order valence-electron chi connectivity index (χ2n) is 9.55. The van der Waals surface area contributed by atoms with Crippen LogP contribution in [0.2, 0.25) is 5.02 Å². The van der Waals surface area contributed by atoms with Gasteiger partial charge in [0, 0.05) is 41.0 Å². The number of nitrogens with one attached hydrogen (secondary N) is 2. The van der Waals surface area contributed by atoms with E-state index in [0.29, 0.717) is 28.7 Å². The molecule has 37 heavy (non-hydrogen) atoms.